The molecule has 0 amide bonds. The summed E-state index contributed by atoms with van der Waals surface area (Å²) in [5.41, 5.74) is 8.46. The van der Waals surface area contributed by atoms with Gasteiger partial charge in [0.2, 0.25) is 5.95 Å². The van der Waals surface area contributed by atoms with Gasteiger partial charge in [0, 0.05) is 43.4 Å². The van der Waals surface area contributed by atoms with Gasteiger partial charge in [0.1, 0.15) is 5.82 Å². The fourth-order valence-corrected chi connectivity index (χ4v) is 9.33. The maximum atomic E-state index is 14.1. The van der Waals surface area contributed by atoms with Crippen molar-refractivity contribution in [1.82, 2.24) is 24.0 Å². The van der Waals surface area contributed by atoms with Crippen molar-refractivity contribution in [3.8, 4) is 0 Å². The van der Waals surface area contributed by atoms with Crippen molar-refractivity contribution in [2.45, 2.75) is 69.6 Å². The van der Waals surface area contributed by atoms with E-state index in [0.29, 0.717) is 18.4 Å². The number of hydrogen-bond acceptors (Lipinski definition) is 5. The predicted octanol–water partition coefficient (Wildman–Crippen LogP) is 6.64. The summed E-state index contributed by atoms with van der Waals surface area (Å²) in [7, 11) is 2.05. The van der Waals surface area contributed by atoms with Crippen molar-refractivity contribution in [2.75, 3.05) is 25.0 Å². The van der Waals surface area contributed by atoms with Gasteiger partial charge in [0.05, 0.1) is 23.1 Å². The number of aryl methyl sites for hydroxylation is 3. The van der Waals surface area contributed by atoms with E-state index in [1.165, 1.54) is 28.0 Å². The molecule has 0 bridgehead atoms. The first-order valence-corrected chi connectivity index (χ1v) is 18.1. The van der Waals surface area contributed by atoms with E-state index in [4.69, 9.17) is 9.97 Å². The number of nitrogens with zero attached hydrogens (tertiary/aromatic N) is 6. The number of benzene rings is 3. The number of para-hydroxylation sites is 2. The second-order valence-corrected chi connectivity index (χ2v) is 14.5. The summed E-state index contributed by atoms with van der Waals surface area (Å²) >= 11 is 0. The van der Waals surface area contributed by atoms with Crippen LogP contribution in [-0.4, -0.2) is 56.2 Å². The highest BCUT2D eigenvalue weighted by Gasteiger charge is 2.40. The number of likely N-dealkylation sites (N-methyl/N-ethyl adjacent to an activating group) is 1. The van der Waals surface area contributed by atoms with Crippen LogP contribution in [0.3, 0.4) is 0 Å². The number of piperidine rings is 1. The summed E-state index contributed by atoms with van der Waals surface area (Å²) in [5.74, 6) is 2.72. The van der Waals surface area contributed by atoms with Crippen LogP contribution in [0.2, 0.25) is 0 Å². The van der Waals surface area contributed by atoms with Gasteiger partial charge in [-0.25, -0.2) is 9.97 Å². The number of allylic oxidation sites excluding steroid dienone is 2. The molecule has 3 aromatic carbocycles. The van der Waals surface area contributed by atoms with Crippen molar-refractivity contribution in [1.29, 1.82) is 0 Å². The largest absolute Gasteiger partial charge is 0.336 e. The van der Waals surface area contributed by atoms with Crippen LogP contribution < -0.4 is 10.5 Å². The Morgan fingerprint density at radius 1 is 0.857 bits per heavy atom. The molecule has 5 heterocycles. The molecule has 0 radical (unpaired) electrons. The molecule has 0 saturated carbocycles. The van der Waals surface area contributed by atoms with Crippen LogP contribution in [0.5, 0.6) is 0 Å². The second-order valence-electron chi connectivity index (χ2n) is 14.5. The molecule has 2 aromatic heterocycles. The fraction of sp³-hybridized carbons (Fsp3) is 0.357. The van der Waals surface area contributed by atoms with Crippen LogP contribution in [0.25, 0.3) is 11.0 Å². The first-order chi connectivity index (χ1) is 24.0. The molecule has 7 heteroatoms. The molecular weight excluding hydrogens is 605 g/mol. The lowest BCUT2D eigenvalue weighted by atomic mass is 9.75. The number of imidazole rings is 1. The van der Waals surface area contributed by atoms with Crippen molar-refractivity contribution >= 4 is 17.0 Å². The minimum absolute atomic E-state index is 0.00224. The van der Waals surface area contributed by atoms with Gasteiger partial charge in [-0.2, -0.15) is 0 Å². The Morgan fingerprint density at radius 3 is 2.51 bits per heavy atom. The highest BCUT2D eigenvalue weighted by Crippen LogP contribution is 2.44. The van der Waals surface area contributed by atoms with Crippen LogP contribution in [0, 0.1) is 12.8 Å². The van der Waals surface area contributed by atoms with Gasteiger partial charge in [-0.1, -0.05) is 91.0 Å². The van der Waals surface area contributed by atoms with Gasteiger partial charge in [0.15, 0.2) is 0 Å². The molecule has 9 rings (SSSR count). The number of fused-ring (bicyclic) bond motifs is 7. The zero-order chi connectivity index (χ0) is 33.1. The quantitative estimate of drug-likeness (QED) is 0.207. The number of aromatic nitrogens is 4. The van der Waals surface area contributed by atoms with Crippen LogP contribution >= 0.6 is 0 Å². The monoisotopic (exact) mass is 648 g/mol. The van der Waals surface area contributed by atoms with Gasteiger partial charge >= 0.3 is 0 Å². The molecule has 1 aliphatic carbocycles. The lowest BCUT2D eigenvalue weighted by Gasteiger charge is -2.42. The molecule has 5 aromatic rings. The molecule has 248 valence electrons. The lowest BCUT2D eigenvalue weighted by Crippen LogP contribution is -2.46. The highest BCUT2D eigenvalue weighted by atomic mass is 16.1. The number of likely N-dealkylation sites (tertiary alicyclic amines) is 1. The van der Waals surface area contributed by atoms with E-state index in [9.17, 15) is 4.79 Å². The summed E-state index contributed by atoms with van der Waals surface area (Å²) in [6, 6.07) is 29.2. The van der Waals surface area contributed by atoms with Crippen LogP contribution in [-0.2, 0) is 25.8 Å². The second kappa shape index (κ2) is 12.3. The summed E-state index contributed by atoms with van der Waals surface area (Å²) in [6.07, 6.45) is 13.3. The Morgan fingerprint density at radius 2 is 1.63 bits per heavy atom. The van der Waals surface area contributed by atoms with E-state index < -0.39 is 0 Å². The number of hydrogen-bond donors (Lipinski definition) is 0. The van der Waals surface area contributed by atoms with Crippen molar-refractivity contribution in [2.24, 2.45) is 5.92 Å². The zero-order valence-electron chi connectivity index (χ0n) is 28.5. The first-order valence-electron chi connectivity index (χ1n) is 18.1. The van der Waals surface area contributed by atoms with Gasteiger partial charge in [-0.05, 0) is 80.3 Å². The van der Waals surface area contributed by atoms with E-state index >= 15 is 0 Å². The van der Waals surface area contributed by atoms with Crippen LogP contribution in [0.4, 0.5) is 5.95 Å². The number of rotatable bonds is 6. The average molecular weight is 649 g/mol. The van der Waals surface area contributed by atoms with Gasteiger partial charge in [-0.15, -0.1) is 0 Å². The molecule has 5 unspecified atom stereocenters. The summed E-state index contributed by atoms with van der Waals surface area (Å²) in [5, 5.41) is 0. The van der Waals surface area contributed by atoms with Gasteiger partial charge in [-0.3, -0.25) is 14.3 Å². The van der Waals surface area contributed by atoms with E-state index in [2.05, 4.69) is 118 Å². The summed E-state index contributed by atoms with van der Waals surface area (Å²) in [6.45, 7) is 4.83. The summed E-state index contributed by atoms with van der Waals surface area (Å²) in [4.78, 5) is 29.3. The molecule has 5 atom stereocenters. The van der Waals surface area contributed by atoms with E-state index in [1.807, 2.05) is 18.5 Å². The average Bonchev–Trinajstić information content (AvgIpc) is 3.57. The standard InChI is InChI=1S/C42H44N6O/c1-28-33(41(49)48-38-19-11-10-18-37(38)45(2)42(48)43-28)22-24-46-23-20-31(27-32(46)26-29-12-4-3-5-13-29)39-34-15-7-6-14-30(34)21-25-47-36-17-9-8-16-35(36)44-40(39)47/h3-19,31-32,37-39H,20-27H2,1-2H3. The van der Waals surface area contributed by atoms with Crippen molar-refractivity contribution in [3.63, 3.8) is 0 Å². The molecule has 7 nitrogen and oxygen atoms in total. The Bertz CT molecular complexity index is 2140. The first kappa shape index (κ1) is 30.3. The molecule has 0 spiro atoms. The predicted molar refractivity (Wildman–Crippen MR) is 196 cm³/mol. The Balaban J connectivity index is 1.04. The van der Waals surface area contributed by atoms with Crippen LogP contribution in [0.1, 0.15) is 58.6 Å². The Hall–Kier alpha value is -4.75. The third-order valence-electron chi connectivity index (χ3n) is 11.8. The normalized spacial score (nSPS) is 24.4. The smallest absolute Gasteiger partial charge is 0.259 e. The highest BCUT2D eigenvalue weighted by molar-refractivity contribution is 5.76. The van der Waals surface area contributed by atoms with Gasteiger partial charge < -0.3 is 9.47 Å². The minimum atomic E-state index is -0.00224. The summed E-state index contributed by atoms with van der Waals surface area (Å²) < 4.78 is 4.44. The molecule has 0 N–H and O–H groups in total. The number of anilines is 1. The SMILES string of the molecule is Cc1nc2n(c(=O)c1CCN1CCC(C3c4ccccc4CCn4c3nc3ccccc34)CC1Cc1ccccc1)C1C=CC=CC1N2C. The maximum absolute atomic E-state index is 14.1. The van der Waals surface area contributed by atoms with Gasteiger partial charge in [0.25, 0.3) is 5.56 Å². The van der Waals surface area contributed by atoms with E-state index in [0.717, 1.165) is 68.0 Å². The minimum Gasteiger partial charge on any atom is -0.336 e. The van der Waals surface area contributed by atoms with Crippen molar-refractivity contribution < 1.29 is 0 Å². The molecule has 3 aliphatic heterocycles. The fourth-order valence-electron chi connectivity index (χ4n) is 9.33. The molecule has 1 saturated heterocycles. The third kappa shape index (κ3) is 5.18. The molecular formula is C42H44N6O. The molecule has 4 aliphatic rings. The zero-order valence-corrected chi connectivity index (χ0v) is 28.5. The Labute approximate surface area is 288 Å². The lowest BCUT2D eigenvalue weighted by molar-refractivity contribution is 0.104. The Kier molecular flexibility index (Phi) is 7.61. The van der Waals surface area contributed by atoms with E-state index in [1.54, 1.807) is 0 Å². The van der Waals surface area contributed by atoms with E-state index in [-0.39, 0.29) is 23.6 Å². The van der Waals surface area contributed by atoms with Crippen LogP contribution in [0.15, 0.2) is 108 Å². The van der Waals surface area contributed by atoms with Crippen molar-refractivity contribution in [3.05, 3.63) is 147 Å². The molecule has 1 fully saturated rings. The maximum Gasteiger partial charge on any atom is 0.259 e. The molecule has 49 heavy (non-hydrogen) atoms. The third-order valence-corrected chi connectivity index (χ3v) is 11.8. The topological polar surface area (TPSA) is 59.2 Å².